The van der Waals surface area contributed by atoms with Crippen molar-refractivity contribution in [1.29, 1.82) is 0 Å². The zero-order valence-electron chi connectivity index (χ0n) is 20.9. The standard InChI is InChI=1S/C30H32N2O3S/c1-23-13-16-28(36-23)21-32(20-24-9-4-3-5-10-24)29(33)22-31(17-8-18-35-2)30(34)27-15-14-25-11-6-7-12-26(25)19-27/h3-7,9-16,19H,8,17-18,20-22H2,1-2H3. The first kappa shape index (κ1) is 25.6. The molecule has 6 heteroatoms. The Morgan fingerprint density at radius 2 is 1.58 bits per heavy atom. The van der Waals surface area contributed by atoms with Crippen LogP contribution in [-0.2, 0) is 22.6 Å². The van der Waals surface area contributed by atoms with Gasteiger partial charge in [0, 0.05) is 42.1 Å². The first-order valence-electron chi connectivity index (χ1n) is 12.2. The predicted molar refractivity (Wildman–Crippen MR) is 146 cm³/mol. The lowest BCUT2D eigenvalue weighted by Crippen LogP contribution is -2.43. The van der Waals surface area contributed by atoms with Gasteiger partial charge in [-0.15, -0.1) is 11.3 Å². The fourth-order valence-electron chi connectivity index (χ4n) is 4.21. The fraction of sp³-hybridized carbons (Fsp3) is 0.267. The van der Waals surface area contributed by atoms with E-state index in [4.69, 9.17) is 4.74 Å². The van der Waals surface area contributed by atoms with Gasteiger partial charge in [-0.3, -0.25) is 9.59 Å². The van der Waals surface area contributed by atoms with E-state index in [0.717, 1.165) is 21.2 Å². The largest absolute Gasteiger partial charge is 0.385 e. The van der Waals surface area contributed by atoms with Crippen LogP contribution >= 0.6 is 11.3 Å². The van der Waals surface area contributed by atoms with E-state index in [0.29, 0.717) is 38.2 Å². The normalized spacial score (nSPS) is 10.9. The number of hydrogen-bond donors (Lipinski definition) is 0. The molecular formula is C30H32N2O3S. The van der Waals surface area contributed by atoms with Gasteiger partial charge in [0.15, 0.2) is 0 Å². The number of ether oxygens (including phenoxy) is 1. The van der Waals surface area contributed by atoms with Crippen LogP contribution in [0.3, 0.4) is 0 Å². The Morgan fingerprint density at radius 1 is 0.833 bits per heavy atom. The summed E-state index contributed by atoms with van der Waals surface area (Å²) in [6, 6.07) is 27.8. The molecule has 2 amide bonds. The molecule has 0 aliphatic rings. The summed E-state index contributed by atoms with van der Waals surface area (Å²) in [6.07, 6.45) is 0.659. The van der Waals surface area contributed by atoms with Crippen molar-refractivity contribution < 1.29 is 14.3 Å². The molecule has 5 nitrogen and oxygen atoms in total. The Labute approximate surface area is 216 Å². The van der Waals surface area contributed by atoms with Crippen LogP contribution in [0, 0.1) is 6.92 Å². The molecule has 1 heterocycles. The number of carbonyl (C=O) groups is 2. The first-order chi connectivity index (χ1) is 17.5. The molecule has 0 atom stereocenters. The molecule has 0 aliphatic carbocycles. The van der Waals surface area contributed by atoms with Crippen molar-refractivity contribution in [3.63, 3.8) is 0 Å². The number of methoxy groups -OCH3 is 1. The van der Waals surface area contributed by atoms with E-state index in [1.54, 1.807) is 23.3 Å². The summed E-state index contributed by atoms with van der Waals surface area (Å²) in [5.41, 5.74) is 1.65. The summed E-state index contributed by atoms with van der Waals surface area (Å²) in [7, 11) is 1.64. The van der Waals surface area contributed by atoms with Gasteiger partial charge in [0.1, 0.15) is 6.54 Å². The van der Waals surface area contributed by atoms with Crippen LogP contribution in [0.15, 0.2) is 84.9 Å². The van der Waals surface area contributed by atoms with Crippen LogP contribution in [0.25, 0.3) is 10.8 Å². The molecule has 0 radical (unpaired) electrons. The lowest BCUT2D eigenvalue weighted by Gasteiger charge is -2.28. The van der Waals surface area contributed by atoms with Gasteiger partial charge in [0.05, 0.1) is 6.54 Å². The van der Waals surface area contributed by atoms with Gasteiger partial charge < -0.3 is 14.5 Å². The van der Waals surface area contributed by atoms with Crippen molar-refractivity contribution in [3.8, 4) is 0 Å². The highest BCUT2D eigenvalue weighted by Gasteiger charge is 2.23. The van der Waals surface area contributed by atoms with Gasteiger partial charge in [0.25, 0.3) is 5.91 Å². The van der Waals surface area contributed by atoms with Crippen molar-refractivity contribution in [2.75, 3.05) is 26.8 Å². The second kappa shape index (κ2) is 12.5. The van der Waals surface area contributed by atoms with E-state index in [2.05, 4.69) is 19.1 Å². The summed E-state index contributed by atoms with van der Waals surface area (Å²) in [5, 5.41) is 2.08. The van der Waals surface area contributed by atoms with Crippen molar-refractivity contribution in [3.05, 3.63) is 106 Å². The smallest absolute Gasteiger partial charge is 0.254 e. The van der Waals surface area contributed by atoms with Crippen LogP contribution in [0.1, 0.15) is 32.1 Å². The lowest BCUT2D eigenvalue weighted by atomic mass is 10.1. The number of fused-ring (bicyclic) bond motifs is 1. The number of rotatable bonds is 11. The number of carbonyl (C=O) groups excluding carboxylic acids is 2. The van der Waals surface area contributed by atoms with Crippen LogP contribution < -0.4 is 0 Å². The zero-order chi connectivity index (χ0) is 25.3. The fourth-order valence-corrected chi connectivity index (χ4v) is 5.12. The first-order valence-corrected chi connectivity index (χ1v) is 13.0. The molecule has 3 aromatic carbocycles. The number of aryl methyl sites for hydroxylation is 1. The van der Waals surface area contributed by atoms with E-state index < -0.39 is 0 Å². The number of benzene rings is 3. The second-order valence-corrected chi connectivity index (χ2v) is 10.3. The highest BCUT2D eigenvalue weighted by Crippen LogP contribution is 2.20. The van der Waals surface area contributed by atoms with Crippen molar-refractivity contribution in [2.45, 2.75) is 26.4 Å². The molecule has 1 aromatic heterocycles. The number of thiophene rings is 1. The molecule has 0 saturated heterocycles. The SMILES string of the molecule is COCCCN(CC(=O)N(Cc1ccccc1)Cc1ccc(C)s1)C(=O)c1ccc2ccccc2c1. The summed E-state index contributed by atoms with van der Waals surface area (Å²) >= 11 is 1.69. The number of amides is 2. The topological polar surface area (TPSA) is 49.9 Å². The van der Waals surface area contributed by atoms with Gasteiger partial charge in [-0.1, -0.05) is 60.7 Å². The Morgan fingerprint density at radius 3 is 2.31 bits per heavy atom. The van der Waals surface area contributed by atoms with E-state index in [1.165, 1.54) is 4.88 Å². The highest BCUT2D eigenvalue weighted by molar-refractivity contribution is 7.11. The minimum Gasteiger partial charge on any atom is -0.385 e. The van der Waals surface area contributed by atoms with Gasteiger partial charge in [-0.2, -0.15) is 0 Å². The van der Waals surface area contributed by atoms with Gasteiger partial charge in [-0.25, -0.2) is 0 Å². The van der Waals surface area contributed by atoms with E-state index in [9.17, 15) is 9.59 Å². The molecule has 4 rings (SSSR count). The second-order valence-electron chi connectivity index (χ2n) is 8.88. The van der Waals surface area contributed by atoms with Crippen LogP contribution in [0.4, 0.5) is 0 Å². The van der Waals surface area contributed by atoms with E-state index >= 15 is 0 Å². The average molecular weight is 501 g/mol. The van der Waals surface area contributed by atoms with Crippen LogP contribution in [0.5, 0.6) is 0 Å². The van der Waals surface area contributed by atoms with Crippen LogP contribution in [0.2, 0.25) is 0 Å². The third-order valence-electron chi connectivity index (χ3n) is 6.10. The summed E-state index contributed by atoms with van der Waals surface area (Å²) < 4.78 is 5.22. The quantitative estimate of drug-likeness (QED) is 0.240. The maximum absolute atomic E-state index is 13.7. The summed E-state index contributed by atoms with van der Waals surface area (Å²) in [4.78, 5) is 33.1. The molecule has 4 aromatic rings. The van der Waals surface area contributed by atoms with Crippen LogP contribution in [-0.4, -0.2) is 48.4 Å². The van der Waals surface area contributed by atoms with Crippen molar-refractivity contribution in [2.24, 2.45) is 0 Å². The maximum atomic E-state index is 13.7. The lowest BCUT2D eigenvalue weighted by molar-refractivity contribution is -0.133. The zero-order valence-corrected chi connectivity index (χ0v) is 21.7. The number of nitrogens with zero attached hydrogens (tertiary/aromatic N) is 2. The monoisotopic (exact) mass is 500 g/mol. The van der Waals surface area contributed by atoms with Gasteiger partial charge in [0.2, 0.25) is 5.91 Å². The maximum Gasteiger partial charge on any atom is 0.254 e. The minimum atomic E-state index is -0.142. The van der Waals surface area contributed by atoms with E-state index in [-0.39, 0.29) is 18.4 Å². The third kappa shape index (κ3) is 6.80. The molecule has 0 saturated carbocycles. The van der Waals surface area contributed by atoms with Crippen molar-refractivity contribution in [1.82, 2.24) is 9.80 Å². The van der Waals surface area contributed by atoms with Gasteiger partial charge >= 0.3 is 0 Å². The summed E-state index contributed by atoms with van der Waals surface area (Å²) in [6.45, 7) is 4.07. The molecule has 36 heavy (non-hydrogen) atoms. The minimum absolute atomic E-state index is 0.0204. The molecule has 0 N–H and O–H groups in total. The van der Waals surface area contributed by atoms with E-state index in [1.807, 2.05) is 77.7 Å². The molecule has 0 aliphatic heterocycles. The summed E-state index contributed by atoms with van der Waals surface area (Å²) in [5.74, 6) is -0.215. The molecule has 0 spiro atoms. The van der Waals surface area contributed by atoms with Gasteiger partial charge in [-0.05, 0) is 53.9 Å². The number of hydrogen-bond acceptors (Lipinski definition) is 4. The Hall–Kier alpha value is -3.48. The predicted octanol–water partition coefficient (Wildman–Crippen LogP) is 5.92. The van der Waals surface area contributed by atoms with Crippen molar-refractivity contribution >= 4 is 33.9 Å². The highest BCUT2D eigenvalue weighted by atomic mass is 32.1. The average Bonchev–Trinajstić information content (AvgIpc) is 3.32. The Balaban J connectivity index is 1.56. The molecule has 0 fully saturated rings. The Kier molecular flexibility index (Phi) is 8.87. The molecule has 0 bridgehead atoms. The Bertz CT molecular complexity index is 1300. The molecular weight excluding hydrogens is 468 g/mol. The molecule has 186 valence electrons. The molecule has 0 unspecified atom stereocenters. The third-order valence-corrected chi connectivity index (χ3v) is 7.08.